The summed E-state index contributed by atoms with van der Waals surface area (Å²) in [4.78, 5) is 12.4. The highest BCUT2D eigenvalue weighted by Gasteiger charge is 2.29. The van der Waals surface area contributed by atoms with E-state index in [1.54, 1.807) is 6.21 Å². The van der Waals surface area contributed by atoms with Gasteiger partial charge in [0, 0.05) is 6.04 Å². The largest absolute Gasteiger partial charge is 0.271 e. The second kappa shape index (κ2) is 8.82. The van der Waals surface area contributed by atoms with Crippen molar-refractivity contribution in [2.24, 2.45) is 5.10 Å². The van der Waals surface area contributed by atoms with Gasteiger partial charge < -0.3 is 0 Å². The summed E-state index contributed by atoms with van der Waals surface area (Å²) in [5.41, 5.74) is 14.6. The van der Waals surface area contributed by atoms with Gasteiger partial charge in [-0.25, -0.2) is 16.3 Å². The maximum Gasteiger partial charge on any atom is 0.258 e. The van der Waals surface area contributed by atoms with Gasteiger partial charge in [-0.05, 0) is 35.6 Å². The number of hydrogen-bond donors (Lipinski definition) is 3. The van der Waals surface area contributed by atoms with Crippen LogP contribution in [0.2, 0.25) is 0 Å². The summed E-state index contributed by atoms with van der Waals surface area (Å²) in [7, 11) is 0. The van der Waals surface area contributed by atoms with Crippen molar-refractivity contribution < 1.29 is 4.79 Å². The van der Waals surface area contributed by atoms with Crippen LogP contribution < -0.4 is 16.3 Å². The fraction of sp³-hybridized carbons (Fsp3) is 0.167. The molecule has 1 saturated heterocycles. The molecular formula is C24H24N4O. The Morgan fingerprint density at radius 3 is 2.34 bits per heavy atom. The topological polar surface area (TPSA) is 65.5 Å². The number of amides is 1. The first-order chi connectivity index (χ1) is 14.2. The molecule has 2 unspecified atom stereocenters. The van der Waals surface area contributed by atoms with E-state index in [9.17, 15) is 4.79 Å². The molecule has 3 aromatic rings. The Morgan fingerprint density at radius 1 is 0.931 bits per heavy atom. The molecule has 0 saturated carbocycles. The standard InChI is InChI=1S/C24H24N4O/c1-17-7-9-18(10-8-17)16-25-28-24(29)23-15-22(26-27-23)21-13-11-20(12-14-21)19-5-3-2-4-6-19/h2-14,16,22-23,26-27H,15H2,1H3,(H,28,29)/b25-16+. The van der Waals surface area contributed by atoms with E-state index in [0.717, 1.165) is 11.1 Å². The van der Waals surface area contributed by atoms with E-state index in [0.29, 0.717) is 6.42 Å². The summed E-state index contributed by atoms with van der Waals surface area (Å²) in [5.74, 6) is -0.149. The first-order valence-electron chi connectivity index (χ1n) is 9.75. The van der Waals surface area contributed by atoms with Gasteiger partial charge in [0.25, 0.3) is 5.91 Å². The Bertz CT molecular complexity index is 982. The zero-order chi connectivity index (χ0) is 20.1. The molecule has 1 fully saturated rings. The molecule has 4 rings (SSSR count). The number of hydrazone groups is 1. The molecule has 2 atom stereocenters. The van der Waals surface area contributed by atoms with Crippen molar-refractivity contribution in [1.82, 2.24) is 16.3 Å². The number of hydrogen-bond acceptors (Lipinski definition) is 4. The van der Waals surface area contributed by atoms with Crippen LogP contribution in [0, 0.1) is 6.92 Å². The third kappa shape index (κ3) is 4.77. The van der Waals surface area contributed by atoms with E-state index in [-0.39, 0.29) is 18.0 Å². The van der Waals surface area contributed by atoms with E-state index in [1.165, 1.54) is 16.7 Å². The van der Waals surface area contributed by atoms with Gasteiger partial charge in [0.1, 0.15) is 6.04 Å². The zero-order valence-corrected chi connectivity index (χ0v) is 16.3. The van der Waals surface area contributed by atoms with E-state index >= 15 is 0 Å². The zero-order valence-electron chi connectivity index (χ0n) is 16.3. The molecule has 1 aliphatic rings. The smallest absolute Gasteiger partial charge is 0.258 e. The third-order valence-corrected chi connectivity index (χ3v) is 5.11. The summed E-state index contributed by atoms with van der Waals surface area (Å²) in [6, 6.07) is 26.5. The van der Waals surface area contributed by atoms with Crippen molar-refractivity contribution in [3.05, 3.63) is 95.6 Å². The van der Waals surface area contributed by atoms with Crippen LogP contribution in [0.3, 0.4) is 0 Å². The molecule has 5 nitrogen and oxygen atoms in total. The van der Waals surface area contributed by atoms with Crippen molar-refractivity contribution in [2.75, 3.05) is 0 Å². The first-order valence-corrected chi connectivity index (χ1v) is 9.75. The van der Waals surface area contributed by atoms with E-state index in [2.05, 4.69) is 57.8 Å². The minimum Gasteiger partial charge on any atom is -0.271 e. The average molecular weight is 384 g/mol. The van der Waals surface area contributed by atoms with E-state index in [1.807, 2.05) is 49.4 Å². The molecule has 0 aromatic heterocycles. The molecule has 1 aliphatic heterocycles. The van der Waals surface area contributed by atoms with Gasteiger partial charge in [-0.2, -0.15) is 5.10 Å². The van der Waals surface area contributed by atoms with Crippen LogP contribution in [0.4, 0.5) is 0 Å². The summed E-state index contributed by atoms with van der Waals surface area (Å²) >= 11 is 0. The fourth-order valence-electron chi connectivity index (χ4n) is 3.39. The van der Waals surface area contributed by atoms with Crippen molar-refractivity contribution in [2.45, 2.75) is 25.4 Å². The number of carbonyl (C=O) groups is 1. The highest BCUT2D eigenvalue weighted by atomic mass is 16.2. The molecule has 146 valence electrons. The molecule has 0 radical (unpaired) electrons. The van der Waals surface area contributed by atoms with Gasteiger partial charge in [0.2, 0.25) is 0 Å². The Labute approximate surface area is 170 Å². The van der Waals surface area contributed by atoms with Gasteiger partial charge in [0.15, 0.2) is 0 Å². The summed E-state index contributed by atoms with van der Waals surface area (Å²) in [6.45, 7) is 2.03. The Morgan fingerprint density at radius 2 is 1.62 bits per heavy atom. The lowest BCUT2D eigenvalue weighted by molar-refractivity contribution is -0.122. The van der Waals surface area contributed by atoms with Crippen LogP contribution in [-0.2, 0) is 4.79 Å². The van der Waals surface area contributed by atoms with Gasteiger partial charge in [0.05, 0.1) is 6.21 Å². The molecule has 3 N–H and O–H groups in total. The van der Waals surface area contributed by atoms with Gasteiger partial charge >= 0.3 is 0 Å². The minimum absolute atomic E-state index is 0.0802. The Hall–Kier alpha value is -3.28. The number of aryl methyl sites for hydroxylation is 1. The summed E-state index contributed by atoms with van der Waals surface area (Å²) in [6.07, 6.45) is 2.32. The quantitative estimate of drug-likeness (QED) is 0.464. The van der Waals surface area contributed by atoms with Crippen LogP contribution >= 0.6 is 0 Å². The summed E-state index contributed by atoms with van der Waals surface area (Å²) in [5, 5.41) is 4.07. The Balaban J connectivity index is 1.32. The number of hydrazine groups is 1. The summed E-state index contributed by atoms with van der Waals surface area (Å²) < 4.78 is 0. The lowest BCUT2D eigenvalue weighted by Crippen LogP contribution is -2.41. The molecule has 5 heteroatoms. The highest BCUT2D eigenvalue weighted by molar-refractivity contribution is 5.85. The van der Waals surface area contributed by atoms with E-state index < -0.39 is 0 Å². The number of benzene rings is 3. The molecule has 1 heterocycles. The SMILES string of the molecule is Cc1ccc(/C=N/NC(=O)C2CC(c3ccc(-c4ccccc4)cc3)NN2)cc1. The molecule has 0 bridgehead atoms. The predicted molar refractivity (Wildman–Crippen MR) is 116 cm³/mol. The average Bonchev–Trinajstić information content (AvgIpc) is 3.26. The van der Waals surface area contributed by atoms with Crippen LogP contribution in [0.1, 0.15) is 29.2 Å². The van der Waals surface area contributed by atoms with Gasteiger partial charge in [-0.3, -0.25) is 4.79 Å². The fourth-order valence-corrected chi connectivity index (χ4v) is 3.39. The normalized spacial score (nSPS) is 18.8. The Kier molecular flexibility index (Phi) is 5.79. The van der Waals surface area contributed by atoms with Crippen LogP contribution in [-0.4, -0.2) is 18.2 Å². The number of nitrogens with zero attached hydrogens (tertiary/aromatic N) is 1. The highest BCUT2D eigenvalue weighted by Crippen LogP contribution is 2.25. The number of nitrogens with one attached hydrogen (secondary N) is 3. The second-order valence-electron chi connectivity index (χ2n) is 7.26. The molecule has 0 aliphatic carbocycles. The van der Waals surface area contributed by atoms with Gasteiger partial charge in [-0.1, -0.05) is 84.4 Å². The van der Waals surface area contributed by atoms with Crippen molar-refractivity contribution in [3.8, 4) is 11.1 Å². The molecule has 3 aromatic carbocycles. The van der Waals surface area contributed by atoms with Crippen molar-refractivity contribution in [1.29, 1.82) is 0 Å². The maximum atomic E-state index is 12.4. The molecule has 0 spiro atoms. The lowest BCUT2D eigenvalue weighted by Gasteiger charge is -2.10. The molecular weight excluding hydrogens is 360 g/mol. The van der Waals surface area contributed by atoms with Crippen molar-refractivity contribution in [3.63, 3.8) is 0 Å². The molecule has 29 heavy (non-hydrogen) atoms. The lowest BCUT2D eigenvalue weighted by atomic mass is 9.98. The molecule has 1 amide bonds. The van der Waals surface area contributed by atoms with Crippen molar-refractivity contribution >= 4 is 12.1 Å². The predicted octanol–water partition coefficient (Wildman–Crippen LogP) is 3.72. The van der Waals surface area contributed by atoms with Gasteiger partial charge in [-0.15, -0.1) is 0 Å². The minimum atomic E-state index is -0.330. The second-order valence-corrected chi connectivity index (χ2v) is 7.26. The monoisotopic (exact) mass is 384 g/mol. The van der Waals surface area contributed by atoms with E-state index in [4.69, 9.17) is 0 Å². The first kappa shape index (κ1) is 19.1. The number of carbonyl (C=O) groups excluding carboxylic acids is 1. The third-order valence-electron chi connectivity index (χ3n) is 5.11. The number of rotatable bonds is 5. The maximum absolute atomic E-state index is 12.4. The van der Waals surface area contributed by atoms with Crippen LogP contribution in [0.25, 0.3) is 11.1 Å². The van der Waals surface area contributed by atoms with Crippen LogP contribution in [0.5, 0.6) is 0 Å². The van der Waals surface area contributed by atoms with Crippen LogP contribution in [0.15, 0.2) is 84.0 Å².